The minimum absolute atomic E-state index is 0.110. The Balaban J connectivity index is 1.62. The van der Waals surface area contributed by atoms with Crippen molar-refractivity contribution in [3.63, 3.8) is 0 Å². The molecule has 1 aliphatic rings. The predicted octanol–water partition coefficient (Wildman–Crippen LogP) is 0.493. The van der Waals surface area contributed by atoms with Crippen LogP contribution in [0, 0.1) is 0 Å². The van der Waals surface area contributed by atoms with Crippen molar-refractivity contribution in [1.29, 1.82) is 0 Å². The zero-order valence-electron chi connectivity index (χ0n) is 11.9. The van der Waals surface area contributed by atoms with Gasteiger partial charge in [-0.2, -0.15) is 0 Å². The third kappa shape index (κ3) is 3.37. The van der Waals surface area contributed by atoms with Gasteiger partial charge in [-0.3, -0.25) is 14.1 Å². The van der Waals surface area contributed by atoms with Gasteiger partial charge >= 0.3 is 5.97 Å². The second-order valence-electron chi connectivity index (χ2n) is 5.07. The first kappa shape index (κ1) is 14.0. The molecule has 0 amide bonds. The van der Waals surface area contributed by atoms with Crippen LogP contribution in [0.15, 0.2) is 24.7 Å². The highest BCUT2D eigenvalue weighted by Crippen LogP contribution is 2.13. The zero-order valence-corrected chi connectivity index (χ0v) is 11.9. The van der Waals surface area contributed by atoms with Crippen LogP contribution in [0.4, 0.5) is 0 Å². The third-order valence-electron chi connectivity index (χ3n) is 3.52. The summed E-state index contributed by atoms with van der Waals surface area (Å²) in [7, 11) is 1.40. The van der Waals surface area contributed by atoms with E-state index < -0.39 is 0 Å². The summed E-state index contributed by atoms with van der Waals surface area (Å²) in [4.78, 5) is 22.2. The Hall–Kier alpha value is -1.99. The Kier molecular flexibility index (Phi) is 4.12. The fourth-order valence-electron chi connectivity index (χ4n) is 2.50. The number of imidazole rings is 1. The number of esters is 1. The second kappa shape index (κ2) is 6.19. The lowest BCUT2D eigenvalue weighted by Crippen LogP contribution is -2.42. The molecule has 1 fully saturated rings. The summed E-state index contributed by atoms with van der Waals surface area (Å²) >= 11 is 0. The quantitative estimate of drug-likeness (QED) is 0.764. The highest BCUT2D eigenvalue weighted by Gasteiger charge is 2.23. The molecule has 0 spiro atoms. The Morgan fingerprint density at radius 3 is 3.29 bits per heavy atom. The molecule has 1 aliphatic heterocycles. The van der Waals surface area contributed by atoms with Gasteiger partial charge in [0, 0.05) is 38.2 Å². The van der Waals surface area contributed by atoms with Gasteiger partial charge in [0.15, 0.2) is 0 Å². The molecular formula is C14H18N4O3. The maximum atomic E-state index is 11.3. The molecular weight excluding hydrogens is 272 g/mol. The molecule has 0 aliphatic carbocycles. The van der Waals surface area contributed by atoms with E-state index in [2.05, 4.69) is 19.6 Å². The van der Waals surface area contributed by atoms with E-state index in [1.54, 1.807) is 6.20 Å². The number of aromatic nitrogens is 3. The maximum absolute atomic E-state index is 11.3. The van der Waals surface area contributed by atoms with Gasteiger partial charge in [-0.25, -0.2) is 9.97 Å². The Bertz CT molecular complexity index is 594. The Morgan fingerprint density at radius 2 is 2.48 bits per heavy atom. The van der Waals surface area contributed by atoms with E-state index in [-0.39, 0.29) is 12.1 Å². The van der Waals surface area contributed by atoms with Crippen LogP contribution in [0.5, 0.6) is 0 Å². The lowest BCUT2D eigenvalue weighted by Gasteiger charge is -2.31. The van der Waals surface area contributed by atoms with Crippen molar-refractivity contribution in [2.45, 2.75) is 19.1 Å². The van der Waals surface area contributed by atoms with Gasteiger partial charge in [-0.15, -0.1) is 0 Å². The zero-order chi connectivity index (χ0) is 14.7. The van der Waals surface area contributed by atoms with Crippen LogP contribution in [-0.4, -0.2) is 58.1 Å². The summed E-state index contributed by atoms with van der Waals surface area (Å²) < 4.78 is 12.2. The largest absolute Gasteiger partial charge is 0.469 e. The molecule has 3 heterocycles. The van der Waals surface area contributed by atoms with E-state index in [0.29, 0.717) is 25.4 Å². The van der Waals surface area contributed by atoms with Crippen molar-refractivity contribution in [3.8, 4) is 0 Å². The summed E-state index contributed by atoms with van der Waals surface area (Å²) in [6, 6.07) is 1.87. The van der Waals surface area contributed by atoms with Crippen molar-refractivity contribution < 1.29 is 14.3 Å². The van der Waals surface area contributed by atoms with E-state index in [0.717, 1.165) is 18.8 Å². The van der Waals surface area contributed by atoms with Crippen LogP contribution >= 0.6 is 0 Å². The van der Waals surface area contributed by atoms with Gasteiger partial charge in [0.2, 0.25) is 5.78 Å². The molecule has 1 saturated heterocycles. The average Bonchev–Trinajstić information content (AvgIpc) is 2.89. The normalized spacial score (nSPS) is 19.8. The summed E-state index contributed by atoms with van der Waals surface area (Å²) in [6.45, 7) is 2.88. The van der Waals surface area contributed by atoms with E-state index in [9.17, 15) is 4.79 Å². The minimum Gasteiger partial charge on any atom is -0.469 e. The van der Waals surface area contributed by atoms with Gasteiger partial charge in [-0.05, 0) is 6.07 Å². The van der Waals surface area contributed by atoms with Crippen molar-refractivity contribution >= 4 is 11.7 Å². The van der Waals surface area contributed by atoms with Crippen LogP contribution in [0.3, 0.4) is 0 Å². The summed E-state index contributed by atoms with van der Waals surface area (Å²) in [5, 5.41) is 0. The molecule has 0 saturated carbocycles. The number of fused-ring (bicyclic) bond motifs is 1. The molecule has 7 nitrogen and oxygen atoms in total. The van der Waals surface area contributed by atoms with Crippen molar-refractivity contribution in [2.75, 3.05) is 26.8 Å². The van der Waals surface area contributed by atoms with Crippen molar-refractivity contribution in [2.24, 2.45) is 0 Å². The molecule has 21 heavy (non-hydrogen) atoms. The predicted molar refractivity (Wildman–Crippen MR) is 74.6 cm³/mol. The monoisotopic (exact) mass is 290 g/mol. The smallest absolute Gasteiger partial charge is 0.308 e. The van der Waals surface area contributed by atoms with E-state index in [1.807, 2.05) is 22.9 Å². The van der Waals surface area contributed by atoms with Gasteiger partial charge < -0.3 is 9.47 Å². The van der Waals surface area contributed by atoms with E-state index in [4.69, 9.17) is 4.74 Å². The molecule has 112 valence electrons. The number of hydrogen-bond acceptors (Lipinski definition) is 6. The van der Waals surface area contributed by atoms with Crippen LogP contribution in [-0.2, 0) is 20.8 Å². The lowest BCUT2D eigenvalue weighted by molar-refractivity contribution is -0.145. The van der Waals surface area contributed by atoms with E-state index in [1.165, 1.54) is 7.11 Å². The van der Waals surface area contributed by atoms with Crippen LogP contribution < -0.4 is 0 Å². The first-order valence-corrected chi connectivity index (χ1v) is 6.94. The second-order valence-corrected chi connectivity index (χ2v) is 5.07. The highest BCUT2D eigenvalue weighted by molar-refractivity contribution is 5.69. The van der Waals surface area contributed by atoms with Crippen LogP contribution in [0.1, 0.15) is 12.1 Å². The van der Waals surface area contributed by atoms with Crippen LogP contribution in [0.2, 0.25) is 0 Å². The minimum atomic E-state index is -0.237. The molecule has 0 bridgehead atoms. The average molecular weight is 290 g/mol. The fraction of sp³-hybridized carbons (Fsp3) is 0.500. The molecule has 2 aromatic heterocycles. The standard InChI is InChI=1S/C14H18N4O3/c1-20-13(19)7-12-10-17(5-6-21-12)8-11-9-18-4-2-3-15-14(18)16-11/h2-4,9,12H,5-8,10H2,1H3. The first-order valence-electron chi connectivity index (χ1n) is 6.94. The number of ether oxygens (including phenoxy) is 2. The van der Waals surface area contributed by atoms with Crippen LogP contribution in [0.25, 0.3) is 5.78 Å². The van der Waals surface area contributed by atoms with Crippen molar-refractivity contribution in [3.05, 3.63) is 30.4 Å². The van der Waals surface area contributed by atoms with E-state index >= 15 is 0 Å². The summed E-state index contributed by atoms with van der Waals surface area (Å²) in [5.74, 6) is 0.464. The molecule has 2 aromatic rings. The van der Waals surface area contributed by atoms with Gasteiger partial charge in [0.25, 0.3) is 0 Å². The SMILES string of the molecule is COC(=O)CC1CN(Cc2cn3cccnc3n2)CCO1. The van der Waals surface area contributed by atoms with Crippen molar-refractivity contribution in [1.82, 2.24) is 19.3 Å². The van der Waals surface area contributed by atoms with Gasteiger partial charge in [0.1, 0.15) is 0 Å². The number of morpholine rings is 1. The molecule has 0 N–H and O–H groups in total. The van der Waals surface area contributed by atoms with Gasteiger partial charge in [0.05, 0.1) is 31.9 Å². The number of carbonyl (C=O) groups is 1. The molecule has 1 atom stereocenters. The number of rotatable bonds is 4. The molecule has 1 unspecified atom stereocenters. The molecule has 3 rings (SSSR count). The number of carbonyl (C=O) groups excluding carboxylic acids is 1. The lowest BCUT2D eigenvalue weighted by atomic mass is 10.2. The molecule has 0 aromatic carbocycles. The topological polar surface area (TPSA) is 69.0 Å². The number of methoxy groups -OCH3 is 1. The summed E-state index contributed by atoms with van der Waals surface area (Å²) in [6.07, 6.45) is 5.82. The Morgan fingerprint density at radius 1 is 1.57 bits per heavy atom. The highest BCUT2D eigenvalue weighted by atomic mass is 16.5. The first-order chi connectivity index (χ1) is 10.2. The number of hydrogen-bond donors (Lipinski definition) is 0. The third-order valence-corrected chi connectivity index (χ3v) is 3.52. The Labute approximate surface area is 122 Å². The summed E-state index contributed by atoms with van der Waals surface area (Å²) in [5.41, 5.74) is 0.965. The number of nitrogens with zero attached hydrogens (tertiary/aromatic N) is 4. The molecule has 0 radical (unpaired) electrons. The fourth-order valence-corrected chi connectivity index (χ4v) is 2.50. The maximum Gasteiger partial charge on any atom is 0.308 e. The van der Waals surface area contributed by atoms with Gasteiger partial charge in [-0.1, -0.05) is 0 Å². The molecule has 7 heteroatoms.